The van der Waals surface area contributed by atoms with E-state index >= 15 is 0 Å². The Labute approximate surface area is 116 Å². The summed E-state index contributed by atoms with van der Waals surface area (Å²) in [5.74, 6) is 4.26. The molecule has 2 atom stereocenters. The summed E-state index contributed by atoms with van der Waals surface area (Å²) in [6.07, 6.45) is 4.18. The molecule has 4 nitrogen and oxygen atoms in total. The summed E-state index contributed by atoms with van der Waals surface area (Å²) in [6, 6.07) is 4.46. The van der Waals surface area contributed by atoms with Crippen molar-refractivity contribution >= 4 is 22.9 Å². The van der Waals surface area contributed by atoms with E-state index in [1.54, 1.807) is 0 Å². The van der Waals surface area contributed by atoms with Gasteiger partial charge in [-0.15, -0.1) is 0 Å². The number of thioether (sulfide) groups is 1. The quantitative estimate of drug-likeness (QED) is 0.844. The van der Waals surface area contributed by atoms with Crippen LogP contribution < -0.4 is 0 Å². The second-order valence-corrected chi connectivity index (χ2v) is 6.41. The third-order valence-electron chi connectivity index (χ3n) is 4.04. The number of imidazole rings is 1. The Bertz CT molecular complexity index is 585. The lowest BCUT2D eigenvalue weighted by Crippen LogP contribution is -2.15. The molecule has 0 amide bonds. The predicted octanol–water partition coefficient (Wildman–Crippen LogP) is 2.61. The first-order valence-electron chi connectivity index (χ1n) is 6.92. The van der Waals surface area contributed by atoms with Crippen LogP contribution in [-0.2, 0) is 4.74 Å². The molecule has 2 aromatic heterocycles. The highest BCUT2D eigenvalue weighted by atomic mass is 32.2. The highest BCUT2D eigenvalue weighted by Crippen LogP contribution is 2.36. The van der Waals surface area contributed by atoms with Crippen molar-refractivity contribution in [1.82, 2.24) is 14.5 Å². The van der Waals surface area contributed by atoms with E-state index < -0.39 is 0 Å². The van der Waals surface area contributed by atoms with Gasteiger partial charge in [-0.3, -0.25) is 0 Å². The van der Waals surface area contributed by atoms with Crippen molar-refractivity contribution in [1.29, 1.82) is 0 Å². The SMILES string of the molecule is c1cnc2c(c1)nc(C1CCSC1)n2C1CCOC1. The molecule has 5 heteroatoms. The van der Waals surface area contributed by atoms with Gasteiger partial charge >= 0.3 is 0 Å². The molecule has 0 aliphatic carbocycles. The molecule has 2 aliphatic rings. The fourth-order valence-electron chi connectivity index (χ4n) is 3.06. The normalized spacial score (nSPS) is 27.4. The van der Waals surface area contributed by atoms with Crippen molar-refractivity contribution in [2.45, 2.75) is 24.8 Å². The molecular weight excluding hydrogens is 258 g/mol. The molecule has 100 valence electrons. The topological polar surface area (TPSA) is 39.9 Å². The molecule has 2 aromatic rings. The van der Waals surface area contributed by atoms with Crippen LogP contribution in [0.25, 0.3) is 11.2 Å². The maximum atomic E-state index is 5.57. The molecule has 0 aromatic carbocycles. The summed E-state index contributed by atoms with van der Waals surface area (Å²) in [7, 11) is 0. The van der Waals surface area contributed by atoms with Gasteiger partial charge in [-0.05, 0) is 30.7 Å². The van der Waals surface area contributed by atoms with E-state index in [0.717, 1.165) is 30.8 Å². The van der Waals surface area contributed by atoms with Gasteiger partial charge in [0.2, 0.25) is 0 Å². The average molecular weight is 275 g/mol. The molecule has 19 heavy (non-hydrogen) atoms. The molecule has 2 saturated heterocycles. The van der Waals surface area contributed by atoms with E-state index in [4.69, 9.17) is 9.72 Å². The fraction of sp³-hybridized carbons (Fsp3) is 0.571. The first kappa shape index (κ1) is 11.7. The number of rotatable bonds is 2. The lowest BCUT2D eigenvalue weighted by Gasteiger charge is -2.17. The van der Waals surface area contributed by atoms with Crippen LogP contribution in [0, 0.1) is 0 Å². The number of ether oxygens (including phenoxy) is 1. The highest BCUT2D eigenvalue weighted by molar-refractivity contribution is 7.99. The van der Waals surface area contributed by atoms with E-state index in [2.05, 4.69) is 15.6 Å². The second kappa shape index (κ2) is 4.80. The van der Waals surface area contributed by atoms with Crippen LogP contribution in [0.1, 0.15) is 30.6 Å². The number of pyridine rings is 1. The molecule has 4 rings (SSSR count). The van der Waals surface area contributed by atoms with Crippen LogP contribution >= 0.6 is 11.8 Å². The Kier molecular flexibility index (Phi) is 2.96. The Morgan fingerprint density at radius 2 is 2.37 bits per heavy atom. The first-order valence-corrected chi connectivity index (χ1v) is 8.07. The van der Waals surface area contributed by atoms with E-state index in [1.165, 1.54) is 23.8 Å². The van der Waals surface area contributed by atoms with Crippen LogP contribution in [0.3, 0.4) is 0 Å². The van der Waals surface area contributed by atoms with Crippen LogP contribution in [0.15, 0.2) is 18.3 Å². The summed E-state index contributed by atoms with van der Waals surface area (Å²) >= 11 is 2.03. The lowest BCUT2D eigenvalue weighted by molar-refractivity contribution is 0.186. The Morgan fingerprint density at radius 1 is 1.37 bits per heavy atom. The van der Waals surface area contributed by atoms with Crippen LogP contribution in [0.2, 0.25) is 0 Å². The van der Waals surface area contributed by atoms with Gasteiger partial charge in [-0.25, -0.2) is 9.97 Å². The minimum absolute atomic E-state index is 0.417. The van der Waals surface area contributed by atoms with E-state index in [1.807, 2.05) is 24.0 Å². The van der Waals surface area contributed by atoms with Gasteiger partial charge < -0.3 is 9.30 Å². The molecule has 0 saturated carbocycles. The summed E-state index contributed by atoms with van der Waals surface area (Å²) in [5.41, 5.74) is 2.06. The molecule has 4 heterocycles. The minimum Gasteiger partial charge on any atom is -0.379 e. The zero-order valence-corrected chi connectivity index (χ0v) is 11.6. The van der Waals surface area contributed by atoms with Crippen molar-refractivity contribution in [3.05, 3.63) is 24.2 Å². The Morgan fingerprint density at radius 3 is 3.16 bits per heavy atom. The lowest BCUT2D eigenvalue weighted by atomic mass is 10.1. The second-order valence-electron chi connectivity index (χ2n) is 5.26. The van der Waals surface area contributed by atoms with Gasteiger partial charge in [-0.2, -0.15) is 11.8 Å². The molecule has 0 radical (unpaired) electrons. The molecule has 2 fully saturated rings. The van der Waals surface area contributed by atoms with E-state index in [9.17, 15) is 0 Å². The number of hydrogen-bond donors (Lipinski definition) is 0. The van der Waals surface area contributed by atoms with Crippen molar-refractivity contribution in [3.8, 4) is 0 Å². The van der Waals surface area contributed by atoms with Crippen molar-refractivity contribution < 1.29 is 4.74 Å². The average Bonchev–Trinajstić information content (AvgIpc) is 3.17. The number of aromatic nitrogens is 3. The zero-order chi connectivity index (χ0) is 12.7. The maximum absolute atomic E-state index is 5.57. The minimum atomic E-state index is 0.417. The number of nitrogens with zero attached hydrogens (tertiary/aromatic N) is 3. The summed E-state index contributed by atoms with van der Waals surface area (Å²) < 4.78 is 7.93. The van der Waals surface area contributed by atoms with Crippen LogP contribution in [-0.4, -0.2) is 39.3 Å². The Balaban J connectivity index is 1.87. The number of hydrogen-bond acceptors (Lipinski definition) is 4. The molecule has 2 unspecified atom stereocenters. The van der Waals surface area contributed by atoms with Crippen LogP contribution in [0.5, 0.6) is 0 Å². The van der Waals surface area contributed by atoms with Gasteiger partial charge in [0.15, 0.2) is 5.65 Å². The summed E-state index contributed by atoms with van der Waals surface area (Å²) in [5, 5.41) is 0. The summed E-state index contributed by atoms with van der Waals surface area (Å²) in [6.45, 7) is 1.66. The third-order valence-corrected chi connectivity index (χ3v) is 5.20. The van der Waals surface area contributed by atoms with Gasteiger partial charge in [0.05, 0.1) is 12.6 Å². The van der Waals surface area contributed by atoms with Crippen molar-refractivity contribution in [3.63, 3.8) is 0 Å². The largest absolute Gasteiger partial charge is 0.379 e. The van der Waals surface area contributed by atoms with Gasteiger partial charge in [0, 0.05) is 24.5 Å². The fourth-order valence-corrected chi connectivity index (χ4v) is 4.28. The maximum Gasteiger partial charge on any atom is 0.160 e. The molecule has 0 N–H and O–H groups in total. The van der Waals surface area contributed by atoms with Gasteiger partial charge in [0.1, 0.15) is 11.3 Å². The first-order chi connectivity index (χ1) is 9.43. The predicted molar refractivity (Wildman–Crippen MR) is 76.7 cm³/mol. The van der Waals surface area contributed by atoms with Gasteiger partial charge in [0.25, 0.3) is 0 Å². The monoisotopic (exact) mass is 275 g/mol. The molecular formula is C14H17N3OS. The molecule has 0 bridgehead atoms. The standard InChI is InChI=1S/C14H17N3OS/c1-2-12-14(15-5-1)17(11-3-6-18-8-11)13(16-12)10-4-7-19-9-10/h1-2,5,10-11H,3-4,6-9H2. The third kappa shape index (κ3) is 1.96. The van der Waals surface area contributed by atoms with E-state index in [-0.39, 0.29) is 0 Å². The Hall–Kier alpha value is -1.07. The van der Waals surface area contributed by atoms with E-state index in [0.29, 0.717) is 12.0 Å². The zero-order valence-electron chi connectivity index (χ0n) is 10.8. The van der Waals surface area contributed by atoms with Crippen molar-refractivity contribution in [2.24, 2.45) is 0 Å². The molecule has 2 aliphatic heterocycles. The van der Waals surface area contributed by atoms with Crippen molar-refractivity contribution in [2.75, 3.05) is 24.7 Å². The van der Waals surface area contributed by atoms with Gasteiger partial charge in [-0.1, -0.05) is 0 Å². The smallest absolute Gasteiger partial charge is 0.160 e. The molecule has 0 spiro atoms. The number of fused-ring (bicyclic) bond motifs is 1. The van der Waals surface area contributed by atoms with Crippen LogP contribution in [0.4, 0.5) is 0 Å². The highest BCUT2D eigenvalue weighted by Gasteiger charge is 2.29. The summed E-state index contributed by atoms with van der Waals surface area (Å²) in [4.78, 5) is 9.43.